The van der Waals surface area contributed by atoms with Gasteiger partial charge in [0.05, 0.1) is 17.8 Å². The van der Waals surface area contributed by atoms with Crippen LogP contribution in [0.1, 0.15) is 37.9 Å². The van der Waals surface area contributed by atoms with Gasteiger partial charge < -0.3 is 10.1 Å². The molecule has 20 heavy (non-hydrogen) atoms. The highest BCUT2D eigenvalue weighted by molar-refractivity contribution is 5.74. The van der Waals surface area contributed by atoms with Crippen LogP contribution in [0.25, 0.3) is 11.3 Å². The zero-order valence-corrected chi connectivity index (χ0v) is 12.3. The fraction of sp³-hybridized carbons (Fsp3) is 0.375. The highest BCUT2D eigenvalue weighted by Crippen LogP contribution is 2.27. The molecule has 0 atom stereocenters. The summed E-state index contributed by atoms with van der Waals surface area (Å²) in [6.45, 7) is 8.32. The second-order valence-corrected chi connectivity index (χ2v) is 6.05. The van der Waals surface area contributed by atoms with Crippen molar-refractivity contribution in [1.29, 1.82) is 0 Å². The Morgan fingerprint density at radius 1 is 1.25 bits per heavy atom. The minimum Gasteiger partial charge on any atom is -0.481 e. The number of aryl methyl sites for hydroxylation is 1. The first-order valence-corrected chi connectivity index (χ1v) is 6.65. The summed E-state index contributed by atoms with van der Waals surface area (Å²) in [6.07, 6.45) is -0.0444. The van der Waals surface area contributed by atoms with Crippen molar-refractivity contribution in [1.82, 2.24) is 9.97 Å². The van der Waals surface area contributed by atoms with Crippen molar-refractivity contribution in [3.05, 3.63) is 41.3 Å². The molecule has 2 rings (SSSR count). The number of nitrogens with zero attached hydrogens (tertiary/aromatic N) is 1. The molecule has 0 saturated carbocycles. The highest BCUT2D eigenvalue weighted by atomic mass is 16.4. The number of hydrogen-bond acceptors (Lipinski definition) is 2. The molecule has 2 aromatic rings. The molecule has 1 heterocycles. The van der Waals surface area contributed by atoms with E-state index in [1.54, 1.807) is 0 Å². The van der Waals surface area contributed by atoms with Crippen LogP contribution in [-0.4, -0.2) is 21.0 Å². The van der Waals surface area contributed by atoms with E-state index in [1.807, 2.05) is 19.1 Å². The molecule has 4 heteroatoms. The summed E-state index contributed by atoms with van der Waals surface area (Å²) in [6, 6.07) is 8.15. The topological polar surface area (TPSA) is 66.0 Å². The highest BCUT2D eigenvalue weighted by Gasteiger charge is 2.16. The molecule has 0 radical (unpaired) electrons. The van der Waals surface area contributed by atoms with Crippen molar-refractivity contribution in [2.45, 2.75) is 39.5 Å². The second-order valence-electron chi connectivity index (χ2n) is 6.05. The monoisotopic (exact) mass is 272 g/mol. The Kier molecular flexibility index (Phi) is 3.66. The van der Waals surface area contributed by atoms with Gasteiger partial charge in [0.2, 0.25) is 0 Å². The summed E-state index contributed by atoms with van der Waals surface area (Å²) >= 11 is 0. The van der Waals surface area contributed by atoms with Crippen molar-refractivity contribution in [3.8, 4) is 11.3 Å². The van der Waals surface area contributed by atoms with Crippen LogP contribution in [0.3, 0.4) is 0 Å². The SMILES string of the molecule is Cc1nc(-c2ccc(C(C)(C)C)cc2)c(CC(=O)O)[nH]1. The average molecular weight is 272 g/mol. The first-order valence-electron chi connectivity index (χ1n) is 6.65. The number of carbonyl (C=O) groups is 1. The maximum Gasteiger partial charge on any atom is 0.309 e. The maximum absolute atomic E-state index is 10.9. The normalized spacial score (nSPS) is 11.6. The molecular formula is C16H20N2O2. The van der Waals surface area contributed by atoms with E-state index in [9.17, 15) is 4.79 Å². The molecule has 0 bridgehead atoms. The number of benzene rings is 1. The summed E-state index contributed by atoms with van der Waals surface area (Å²) in [4.78, 5) is 18.3. The van der Waals surface area contributed by atoms with E-state index in [4.69, 9.17) is 5.11 Å². The largest absolute Gasteiger partial charge is 0.481 e. The van der Waals surface area contributed by atoms with Gasteiger partial charge in [0.25, 0.3) is 0 Å². The van der Waals surface area contributed by atoms with Crippen molar-refractivity contribution >= 4 is 5.97 Å². The number of hydrogen-bond donors (Lipinski definition) is 2. The van der Waals surface area contributed by atoms with Gasteiger partial charge in [0.15, 0.2) is 0 Å². The standard InChI is InChI=1S/C16H20N2O2/c1-10-17-13(9-14(19)20)15(18-10)11-5-7-12(8-6-11)16(2,3)4/h5-8H,9H2,1-4H3,(H,17,18)(H,19,20). The molecule has 0 saturated heterocycles. The van der Waals surface area contributed by atoms with Crippen LogP contribution in [0, 0.1) is 6.92 Å². The van der Waals surface area contributed by atoms with E-state index in [2.05, 4.69) is 42.9 Å². The molecule has 0 unspecified atom stereocenters. The second kappa shape index (κ2) is 5.12. The Morgan fingerprint density at radius 2 is 1.85 bits per heavy atom. The van der Waals surface area contributed by atoms with Gasteiger partial charge in [-0.15, -0.1) is 0 Å². The van der Waals surface area contributed by atoms with Crippen molar-refractivity contribution in [2.24, 2.45) is 0 Å². The number of H-pyrrole nitrogens is 1. The lowest BCUT2D eigenvalue weighted by Crippen LogP contribution is -2.10. The Hall–Kier alpha value is -2.10. The summed E-state index contributed by atoms with van der Waals surface area (Å²) in [5, 5.41) is 8.95. The third-order valence-corrected chi connectivity index (χ3v) is 3.25. The minimum atomic E-state index is -0.860. The van der Waals surface area contributed by atoms with Gasteiger partial charge in [-0.1, -0.05) is 45.0 Å². The smallest absolute Gasteiger partial charge is 0.309 e. The predicted octanol–water partition coefficient (Wildman–Crippen LogP) is 3.31. The number of rotatable bonds is 3. The molecule has 1 aromatic carbocycles. The molecule has 0 aliphatic rings. The van der Waals surface area contributed by atoms with Gasteiger partial charge in [-0.2, -0.15) is 0 Å². The van der Waals surface area contributed by atoms with Crippen LogP contribution in [0.15, 0.2) is 24.3 Å². The van der Waals surface area contributed by atoms with E-state index < -0.39 is 5.97 Å². The molecule has 2 N–H and O–H groups in total. The third kappa shape index (κ3) is 3.07. The fourth-order valence-electron chi connectivity index (χ4n) is 2.19. The summed E-state index contributed by atoms with van der Waals surface area (Å²) in [5.41, 5.74) is 3.67. The number of aliphatic carboxylic acids is 1. The molecular weight excluding hydrogens is 252 g/mol. The number of aromatic nitrogens is 2. The first-order chi connectivity index (χ1) is 9.27. The lowest BCUT2D eigenvalue weighted by Gasteiger charge is -2.19. The Balaban J connectivity index is 2.39. The van der Waals surface area contributed by atoms with Crippen LogP contribution in [0.5, 0.6) is 0 Å². The molecule has 0 aliphatic carbocycles. The van der Waals surface area contributed by atoms with E-state index in [-0.39, 0.29) is 11.8 Å². The number of carboxylic acid groups (broad SMARTS) is 1. The van der Waals surface area contributed by atoms with Gasteiger partial charge in [-0.05, 0) is 17.9 Å². The minimum absolute atomic E-state index is 0.0444. The van der Waals surface area contributed by atoms with Crippen LogP contribution < -0.4 is 0 Å². The Bertz CT molecular complexity index is 619. The van der Waals surface area contributed by atoms with E-state index in [1.165, 1.54) is 5.56 Å². The molecule has 4 nitrogen and oxygen atoms in total. The summed E-state index contributed by atoms with van der Waals surface area (Å²) < 4.78 is 0. The molecule has 0 fully saturated rings. The van der Waals surface area contributed by atoms with Crippen LogP contribution >= 0.6 is 0 Å². The molecule has 0 amide bonds. The molecule has 0 aliphatic heterocycles. The lowest BCUT2D eigenvalue weighted by molar-refractivity contribution is -0.136. The fourth-order valence-corrected chi connectivity index (χ4v) is 2.19. The van der Waals surface area contributed by atoms with Crippen LogP contribution in [0.2, 0.25) is 0 Å². The quantitative estimate of drug-likeness (QED) is 0.900. The third-order valence-electron chi connectivity index (χ3n) is 3.25. The zero-order valence-electron chi connectivity index (χ0n) is 12.3. The first kappa shape index (κ1) is 14.3. The number of nitrogens with one attached hydrogen (secondary N) is 1. The molecule has 106 valence electrons. The van der Waals surface area contributed by atoms with Gasteiger partial charge >= 0.3 is 5.97 Å². The zero-order chi connectivity index (χ0) is 14.9. The van der Waals surface area contributed by atoms with Crippen LogP contribution in [-0.2, 0) is 16.6 Å². The van der Waals surface area contributed by atoms with E-state index in [0.29, 0.717) is 5.69 Å². The van der Waals surface area contributed by atoms with Crippen molar-refractivity contribution in [3.63, 3.8) is 0 Å². The van der Waals surface area contributed by atoms with E-state index in [0.717, 1.165) is 17.1 Å². The number of imidazole rings is 1. The molecule has 0 spiro atoms. The van der Waals surface area contributed by atoms with Crippen molar-refractivity contribution in [2.75, 3.05) is 0 Å². The summed E-state index contributed by atoms with van der Waals surface area (Å²) in [7, 11) is 0. The Morgan fingerprint density at radius 3 is 2.35 bits per heavy atom. The van der Waals surface area contributed by atoms with E-state index >= 15 is 0 Å². The number of carboxylic acids is 1. The van der Waals surface area contributed by atoms with Gasteiger partial charge in [0, 0.05) is 5.56 Å². The van der Waals surface area contributed by atoms with Gasteiger partial charge in [0.1, 0.15) is 5.82 Å². The van der Waals surface area contributed by atoms with Gasteiger partial charge in [-0.3, -0.25) is 4.79 Å². The Labute approximate surface area is 118 Å². The maximum atomic E-state index is 10.9. The average Bonchev–Trinajstić information content (AvgIpc) is 2.68. The van der Waals surface area contributed by atoms with Crippen LogP contribution in [0.4, 0.5) is 0 Å². The predicted molar refractivity (Wildman–Crippen MR) is 78.8 cm³/mol. The summed E-state index contributed by atoms with van der Waals surface area (Å²) in [5.74, 6) is -0.127. The molecule has 1 aromatic heterocycles. The number of aromatic amines is 1. The van der Waals surface area contributed by atoms with Gasteiger partial charge in [-0.25, -0.2) is 4.98 Å². The van der Waals surface area contributed by atoms with Crippen molar-refractivity contribution < 1.29 is 9.90 Å². The lowest BCUT2D eigenvalue weighted by atomic mass is 9.86.